The van der Waals surface area contributed by atoms with Gasteiger partial charge in [-0.05, 0) is 11.6 Å². The lowest BCUT2D eigenvalue weighted by atomic mass is 9.87. The van der Waals surface area contributed by atoms with E-state index < -0.39 is 46.1 Å². The first-order valence-electron chi connectivity index (χ1n) is 6.45. The van der Waals surface area contributed by atoms with E-state index in [4.69, 9.17) is 5.11 Å². The van der Waals surface area contributed by atoms with Gasteiger partial charge in [0.25, 0.3) is 0 Å². The van der Waals surface area contributed by atoms with Crippen molar-refractivity contribution >= 4 is 23.9 Å². The van der Waals surface area contributed by atoms with E-state index in [1.54, 1.807) is 6.07 Å². The SMILES string of the molecule is O=C(O)c1cc(C(=O)O)c(-c2ccccc2)c(C(=O)O)c1C(=O)O. The van der Waals surface area contributed by atoms with Crippen LogP contribution in [-0.2, 0) is 0 Å². The van der Waals surface area contributed by atoms with Gasteiger partial charge in [-0.25, -0.2) is 19.2 Å². The molecule has 24 heavy (non-hydrogen) atoms. The molecule has 4 N–H and O–H groups in total. The van der Waals surface area contributed by atoms with E-state index in [1.807, 2.05) is 0 Å². The summed E-state index contributed by atoms with van der Waals surface area (Å²) in [6.45, 7) is 0. The summed E-state index contributed by atoms with van der Waals surface area (Å²) >= 11 is 0. The fourth-order valence-corrected chi connectivity index (χ4v) is 2.36. The maximum Gasteiger partial charge on any atom is 0.337 e. The van der Waals surface area contributed by atoms with Crippen molar-refractivity contribution in [3.05, 3.63) is 58.7 Å². The third-order valence-electron chi connectivity index (χ3n) is 3.28. The number of hydrogen-bond acceptors (Lipinski definition) is 4. The molecule has 0 aromatic heterocycles. The molecule has 0 saturated carbocycles. The van der Waals surface area contributed by atoms with Crippen molar-refractivity contribution in [2.75, 3.05) is 0 Å². The van der Waals surface area contributed by atoms with Crippen molar-refractivity contribution in [2.24, 2.45) is 0 Å². The zero-order valence-corrected chi connectivity index (χ0v) is 11.9. The number of carbonyl (C=O) groups is 4. The lowest BCUT2D eigenvalue weighted by molar-refractivity contribution is 0.0632. The molecule has 8 heteroatoms. The maximum absolute atomic E-state index is 11.6. The smallest absolute Gasteiger partial charge is 0.337 e. The third kappa shape index (κ3) is 2.80. The Balaban J connectivity index is 3.09. The molecule has 0 radical (unpaired) electrons. The van der Waals surface area contributed by atoms with Gasteiger partial charge in [-0.2, -0.15) is 0 Å². The van der Waals surface area contributed by atoms with Crippen molar-refractivity contribution in [2.45, 2.75) is 0 Å². The van der Waals surface area contributed by atoms with Crippen LogP contribution in [0, 0.1) is 0 Å². The van der Waals surface area contributed by atoms with Crippen molar-refractivity contribution in [1.82, 2.24) is 0 Å². The first kappa shape index (κ1) is 16.7. The average Bonchev–Trinajstić information content (AvgIpc) is 2.53. The minimum absolute atomic E-state index is 0.145. The molecule has 2 rings (SSSR count). The Morgan fingerprint density at radius 1 is 0.625 bits per heavy atom. The molecule has 0 fully saturated rings. The number of benzene rings is 2. The van der Waals surface area contributed by atoms with Crippen LogP contribution in [0.4, 0.5) is 0 Å². The monoisotopic (exact) mass is 330 g/mol. The average molecular weight is 330 g/mol. The van der Waals surface area contributed by atoms with Gasteiger partial charge in [0.2, 0.25) is 0 Å². The molecule has 0 saturated heterocycles. The molecule has 0 aliphatic rings. The predicted octanol–water partition coefficient (Wildman–Crippen LogP) is 2.15. The Morgan fingerprint density at radius 2 is 1.12 bits per heavy atom. The summed E-state index contributed by atoms with van der Waals surface area (Å²) in [5.74, 6) is -6.83. The van der Waals surface area contributed by atoms with E-state index >= 15 is 0 Å². The molecule has 0 unspecified atom stereocenters. The van der Waals surface area contributed by atoms with Gasteiger partial charge in [-0.1, -0.05) is 30.3 Å². The Kier molecular flexibility index (Phi) is 4.32. The van der Waals surface area contributed by atoms with Gasteiger partial charge in [0, 0.05) is 5.56 Å². The third-order valence-corrected chi connectivity index (χ3v) is 3.28. The minimum Gasteiger partial charge on any atom is -0.478 e. The van der Waals surface area contributed by atoms with E-state index in [0.717, 1.165) is 0 Å². The summed E-state index contributed by atoms with van der Waals surface area (Å²) in [5, 5.41) is 37.2. The molecule has 0 atom stereocenters. The zero-order chi connectivity index (χ0) is 18.0. The molecule has 0 aliphatic carbocycles. The summed E-state index contributed by atoms with van der Waals surface area (Å²) in [6.07, 6.45) is 0. The predicted molar refractivity (Wildman–Crippen MR) is 79.7 cm³/mol. The highest BCUT2D eigenvalue weighted by atomic mass is 16.4. The van der Waals surface area contributed by atoms with E-state index in [-0.39, 0.29) is 11.1 Å². The van der Waals surface area contributed by atoms with Crippen LogP contribution in [-0.4, -0.2) is 44.3 Å². The fourth-order valence-electron chi connectivity index (χ4n) is 2.36. The quantitative estimate of drug-likeness (QED) is 0.651. The molecule has 8 nitrogen and oxygen atoms in total. The van der Waals surface area contributed by atoms with Gasteiger partial charge in [0.05, 0.1) is 22.3 Å². The first-order valence-corrected chi connectivity index (χ1v) is 6.45. The van der Waals surface area contributed by atoms with E-state index in [0.29, 0.717) is 6.07 Å². The van der Waals surface area contributed by atoms with Crippen molar-refractivity contribution in [1.29, 1.82) is 0 Å². The van der Waals surface area contributed by atoms with E-state index in [2.05, 4.69) is 0 Å². The molecule has 0 amide bonds. The number of rotatable bonds is 5. The first-order chi connectivity index (χ1) is 11.3. The summed E-state index contributed by atoms with van der Waals surface area (Å²) in [5.41, 5.74) is -3.59. The number of carboxylic acid groups (broad SMARTS) is 4. The maximum atomic E-state index is 11.6. The van der Waals surface area contributed by atoms with Crippen LogP contribution in [0.15, 0.2) is 36.4 Å². The topological polar surface area (TPSA) is 149 Å². The largest absolute Gasteiger partial charge is 0.478 e. The highest BCUT2D eigenvalue weighted by Gasteiger charge is 2.31. The second-order valence-electron chi connectivity index (χ2n) is 4.68. The van der Waals surface area contributed by atoms with E-state index in [9.17, 15) is 34.5 Å². The highest BCUT2D eigenvalue weighted by molar-refractivity contribution is 6.16. The molecule has 0 bridgehead atoms. The van der Waals surface area contributed by atoms with Gasteiger partial charge < -0.3 is 20.4 Å². The summed E-state index contributed by atoms with van der Waals surface area (Å²) in [6, 6.07) is 8.09. The Hall–Kier alpha value is -3.68. The number of carboxylic acids is 4. The molecule has 0 heterocycles. The van der Waals surface area contributed by atoms with Crippen molar-refractivity contribution in [3.63, 3.8) is 0 Å². The molecule has 2 aromatic carbocycles. The van der Waals surface area contributed by atoms with Crippen LogP contribution in [0.25, 0.3) is 11.1 Å². The van der Waals surface area contributed by atoms with Gasteiger partial charge >= 0.3 is 23.9 Å². The number of hydrogen-bond donors (Lipinski definition) is 4. The lowest BCUT2D eigenvalue weighted by Gasteiger charge is -2.15. The van der Waals surface area contributed by atoms with Crippen LogP contribution in [0.1, 0.15) is 41.4 Å². The van der Waals surface area contributed by atoms with Gasteiger partial charge in [0.15, 0.2) is 0 Å². The van der Waals surface area contributed by atoms with Crippen molar-refractivity contribution in [3.8, 4) is 11.1 Å². The Morgan fingerprint density at radius 3 is 1.54 bits per heavy atom. The molecule has 0 aliphatic heterocycles. The van der Waals surface area contributed by atoms with E-state index in [1.165, 1.54) is 24.3 Å². The van der Waals surface area contributed by atoms with Crippen molar-refractivity contribution < 1.29 is 39.6 Å². The van der Waals surface area contributed by atoms with Crippen LogP contribution in [0.3, 0.4) is 0 Å². The van der Waals surface area contributed by atoms with Gasteiger partial charge in [0.1, 0.15) is 0 Å². The standard InChI is InChI=1S/C16H10O8/c17-13(18)8-6-9(14(19)20)11(15(21)22)12(16(23)24)10(8)7-4-2-1-3-5-7/h1-6H,(H,17,18)(H,19,20)(H,21,22)(H,23,24). The Bertz CT molecular complexity index is 867. The number of aromatic carboxylic acids is 4. The molecule has 0 spiro atoms. The zero-order valence-electron chi connectivity index (χ0n) is 11.9. The second-order valence-corrected chi connectivity index (χ2v) is 4.68. The van der Waals surface area contributed by atoms with Gasteiger partial charge in [-0.3, -0.25) is 0 Å². The van der Waals surface area contributed by atoms with Gasteiger partial charge in [-0.15, -0.1) is 0 Å². The second kappa shape index (κ2) is 6.21. The minimum atomic E-state index is -1.78. The highest BCUT2D eigenvalue weighted by Crippen LogP contribution is 2.33. The summed E-state index contributed by atoms with van der Waals surface area (Å²) < 4.78 is 0. The van der Waals surface area contributed by atoms with Crippen LogP contribution >= 0.6 is 0 Å². The molecular weight excluding hydrogens is 320 g/mol. The molecular formula is C16H10O8. The lowest BCUT2D eigenvalue weighted by Crippen LogP contribution is -2.19. The van der Waals surface area contributed by atoms with Crippen LogP contribution in [0.2, 0.25) is 0 Å². The Labute approximate surface area is 134 Å². The fraction of sp³-hybridized carbons (Fsp3) is 0. The summed E-state index contributed by atoms with van der Waals surface area (Å²) in [4.78, 5) is 45.8. The van der Waals surface area contributed by atoms with Crippen LogP contribution in [0.5, 0.6) is 0 Å². The van der Waals surface area contributed by atoms with Crippen LogP contribution < -0.4 is 0 Å². The molecule has 122 valence electrons. The normalized spacial score (nSPS) is 10.2. The molecule has 2 aromatic rings. The summed E-state index contributed by atoms with van der Waals surface area (Å²) in [7, 11) is 0.